The fourth-order valence-electron chi connectivity index (χ4n) is 2.22. The van der Waals surface area contributed by atoms with Gasteiger partial charge >= 0.3 is 0 Å². The highest BCUT2D eigenvalue weighted by molar-refractivity contribution is 5.91. The van der Waals surface area contributed by atoms with Crippen LogP contribution >= 0.6 is 0 Å². The molecule has 0 unspecified atom stereocenters. The largest absolute Gasteiger partial charge is 0.459 e. The normalized spacial score (nSPS) is 18.5. The number of amides is 1. The summed E-state index contributed by atoms with van der Waals surface area (Å²) in [5, 5.41) is 3.02. The number of carbonyl (C=O) groups excluding carboxylic acids is 1. The molecule has 0 bridgehead atoms. The first-order valence-corrected chi connectivity index (χ1v) is 6.25. The number of hydrogen-bond donors (Lipinski definition) is 1. The molecule has 1 fully saturated rings. The standard InChI is InChI=1S/C13H20N2O2/c1-10(2)15-7-5-11(6-8-15)14-13(16)12-4-3-9-17-12/h3-4,9-11H,5-8H2,1-2H3,(H,14,16). The van der Waals surface area contributed by atoms with Gasteiger partial charge in [-0.1, -0.05) is 0 Å². The zero-order valence-corrected chi connectivity index (χ0v) is 10.5. The van der Waals surface area contributed by atoms with E-state index in [1.165, 1.54) is 6.26 Å². The number of piperidine rings is 1. The van der Waals surface area contributed by atoms with Gasteiger partial charge in [-0.3, -0.25) is 4.79 Å². The van der Waals surface area contributed by atoms with Crippen LogP contribution in [0.25, 0.3) is 0 Å². The number of likely N-dealkylation sites (tertiary alicyclic amines) is 1. The van der Waals surface area contributed by atoms with Gasteiger partial charge in [-0.2, -0.15) is 0 Å². The predicted octanol–water partition coefficient (Wildman–Crippen LogP) is 1.88. The molecule has 0 aromatic carbocycles. The second kappa shape index (κ2) is 5.36. The Bertz CT molecular complexity index is 352. The third-order valence-corrected chi connectivity index (χ3v) is 3.34. The lowest BCUT2D eigenvalue weighted by atomic mass is 10.0. The van der Waals surface area contributed by atoms with Gasteiger partial charge in [0, 0.05) is 25.2 Å². The summed E-state index contributed by atoms with van der Waals surface area (Å²) in [6, 6.07) is 4.30. The maximum Gasteiger partial charge on any atom is 0.287 e. The van der Waals surface area contributed by atoms with E-state index >= 15 is 0 Å². The second-order valence-corrected chi connectivity index (χ2v) is 4.85. The van der Waals surface area contributed by atoms with Crippen LogP contribution in [0.4, 0.5) is 0 Å². The lowest BCUT2D eigenvalue weighted by molar-refractivity contribution is 0.0873. The molecule has 1 amide bonds. The molecule has 17 heavy (non-hydrogen) atoms. The fraction of sp³-hybridized carbons (Fsp3) is 0.615. The number of carbonyl (C=O) groups is 1. The third kappa shape index (κ3) is 3.09. The summed E-state index contributed by atoms with van der Waals surface area (Å²) in [7, 11) is 0. The average molecular weight is 236 g/mol. The second-order valence-electron chi connectivity index (χ2n) is 4.85. The van der Waals surface area contributed by atoms with Crippen LogP contribution in [0.5, 0.6) is 0 Å². The Morgan fingerprint density at radius 2 is 2.18 bits per heavy atom. The van der Waals surface area contributed by atoms with E-state index < -0.39 is 0 Å². The monoisotopic (exact) mass is 236 g/mol. The first-order chi connectivity index (χ1) is 8.16. The molecule has 1 aromatic heterocycles. The van der Waals surface area contributed by atoms with Crippen LogP contribution in [0, 0.1) is 0 Å². The van der Waals surface area contributed by atoms with Crippen LogP contribution in [-0.4, -0.2) is 36.0 Å². The Morgan fingerprint density at radius 1 is 1.47 bits per heavy atom. The van der Waals surface area contributed by atoms with Crippen molar-refractivity contribution in [2.75, 3.05) is 13.1 Å². The van der Waals surface area contributed by atoms with E-state index in [0.717, 1.165) is 25.9 Å². The molecular weight excluding hydrogens is 216 g/mol. The Balaban J connectivity index is 1.80. The van der Waals surface area contributed by atoms with Crippen LogP contribution < -0.4 is 5.32 Å². The summed E-state index contributed by atoms with van der Waals surface area (Å²) in [4.78, 5) is 14.2. The van der Waals surface area contributed by atoms with Gasteiger partial charge in [0.1, 0.15) is 0 Å². The summed E-state index contributed by atoms with van der Waals surface area (Å²) in [6.07, 6.45) is 3.56. The van der Waals surface area contributed by atoms with E-state index in [9.17, 15) is 4.79 Å². The van der Waals surface area contributed by atoms with Crippen molar-refractivity contribution in [2.45, 2.75) is 38.8 Å². The van der Waals surface area contributed by atoms with Gasteiger partial charge in [-0.25, -0.2) is 0 Å². The van der Waals surface area contributed by atoms with Crippen LogP contribution in [0.15, 0.2) is 22.8 Å². The molecule has 1 aliphatic heterocycles. The van der Waals surface area contributed by atoms with E-state index in [-0.39, 0.29) is 11.9 Å². The van der Waals surface area contributed by atoms with Crippen molar-refractivity contribution in [3.05, 3.63) is 24.2 Å². The number of furan rings is 1. The Labute approximate surface area is 102 Å². The number of nitrogens with zero attached hydrogens (tertiary/aromatic N) is 1. The van der Waals surface area contributed by atoms with Crippen molar-refractivity contribution in [1.82, 2.24) is 10.2 Å². The number of hydrogen-bond acceptors (Lipinski definition) is 3. The molecule has 1 N–H and O–H groups in total. The quantitative estimate of drug-likeness (QED) is 0.871. The average Bonchev–Trinajstić information content (AvgIpc) is 2.83. The zero-order chi connectivity index (χ0) is 12.3. The third-order valence-electron chi connectivity index (χ3n) is 3.34. The number of rotatable bonds is 3. The maximum atomic E-state index is 11.8. The van der Waals surface area contributed by atoms with Crippen molar-refractivity contribution in [3.8, 4) is 0 Å². The molecule has 0 aliphatic carbocycles. The van der Waals surface area contributed by atoms with Gasteiger partial charge in [-0.05, 0) is 38.8 Å². The van der Waals surface area contributed by atoms with Crippen molar-refractivity contribution >= 4 is 5.91 Å². The highest BCUT2D eigenvalue weighted by Gasteiger charge is 2.22. The van der Waals surface area contributed by atoms with Crippen molar-refractivity contribution in [1.29, 1.82) is 0 Å². The summed E-state index contributed by atoms with van der Waals surface area (Å²) in [5.41, 5.74) is 0. The Morgan fingerprint density at radius 3 is 2.71 bits per heavy atom. The summed E-state index contributed by atoms with van der Waals surface area (Å²) in [6.45, 7) is 6.53. The van der Waals surface area contributed by atoms with E-state index in [4.69, 9.17) is 4.42 Å². The molecule has 94 valence electrons. The van der Waals surface area contributed by atoms with Crippen LogP contribution in [0.1, 0.15) is 37.2 Å². The molecule has 4 nitrogen and oxygen atoms in total. The van der Waals surface area contributed by atoms with Gasteiger partial charge in [0.2, 0.25) is 0 Å². The van der Waals surface area contributed by atoms with Crippen molar-refractivity contribution in [3.63, 3.8) is 0 Å². The smallest absolute Gasteiger partial charge is 0.287 e. The Hall–Kier alpha value is -1.29. The lowest BCUT2D eigenvalue weighted by Gasteiger charge is -2.34. The molecule has 0 atom stereocenters. The van der Waals surface area contributed by atoms with Gasteiger partial charge < -0.3 is 14.6 Å². The van der Waals surface area contributed by atoms with Crippen molar-refractivity contribution < 1.29 is 9.21 Å². The molecule has 4 heteroatoms. The topological polar surface area (TPSA) is 45.5 Å². The molecule has 1 saturated heterocycles. The highest BCUT2D eigenvalue weighted by Crippen LogP contribution is 2.13. The molecule has 2 heterocycles. The lowest BCUT2D eigenvalue weighted by Crippen LogP contribution is -2.46. The molecule has 0 saturated carbocycles. The van der Waals surface area contributed by atoms with Gasteiger partial charge in [0.15, 0.2) is 5.76 Å². The Kier molecular flexibility index (Phi) is 3.84. The van der Waals surface area contributed by atoms with Crippen LogP contribution in [0.3, 0.4) is 0 Å². The highest BCUT2D eigenvalue weighted by atomic mass is 16.3. The van der Waals surface area contributed by atoms with E-state index in [1.54, 1.807) is 12.1 Å². The predicted molar refractivity (Wildman–Crippen MR) is 65.9 cm³/mol. The molecule has 0 radical (unpaired) electrons. The molecule has 1 aliphatic rings. The molecule has 1 aromatic rings. The summed E-state index contributed by atoms with van der Waals surface area (Å²) >= 11 is 0. The molecule has 2 rings (SSSR count). The minimum Gasteiger partial charge on any atom is -0.459 e. The molecular formula is C13H20N2O2. The minimum absolute atomic E-state index is 0.0991. The fourth-order valence-corrected chi connectivity index (χ4v) is 2.22. The first-order valence-electron chi connectivity index (χ1n) is 6.25. The summed E-state index contributed by atoms with van der Waals surface area (Å²) < 4.78 is 5.07. The van der Waals surface area contributed by atoms with Crippen molar-refractivity contribution in [2.24, 2.45) is 0 Å². The van der Waals surface area contributed by atoms with Crippen LogP contribution in [0.2, 0.25) is 0 Å². The van der Waals surface area contributed by atoms with Gasteiger partial charge in [0.25, 0.3) is 5.91 Å². The minimum atomic E-state index is -0.0991. The van der Waals surface area contributed by atoms with Gasteiger partial charge in [0.05, 0.1) is 6.26 Å². The van der Waals surface area contributed by atoms with E-state index in [2.05, 4.69) is 24.1 Å². The number of nitrogens with one attached hydrogen (secondary N) is 1. The first kappa shape index (κ1) is 12.2. The van der Waals surface area contributed by atoms with Crippen LogP contribution in [-0.2, 0) is 0 Å². The SMILES string of the molecule is CC(C)N1CCC(NC(=O)c2ccco2)CC1. The zero-order valence-electron chi connectivity index (χ0n) is 10.5. The van der Waals surface area contributed by atoms with E-state index in [1.807, 2.05) is 0 Å². The van der Waals surface area contributed by atoms with Gasteiger partial charge in [-0.15, -0.1) is 0 Å². The summed E-state index contributed by atoms with van der Waals surface area (Å²) in [5.74, 6) is 0.300. The van der Waals surface area contributed by atoms with E-state index in [0.29, 0.717) is 11.8 Å². The molecule has 0 spiro atoms. The maximum absolute atomic E-state index is 11.8.